The first-order chi connectivity index (χ1) is 16.5. The molecule has 0 spiro atoms. The van der Waals surface area contributed by atoms with Crippen molar-refractivity contribution in [1.82, 2.24) is 0 Å². The zero-order valence-electron chi connectivity index (χ0n) is 19.4. The lowest BCUT2D eigenvalue weighted by Crippen LogP contribution is -3.00. The van der Waals surface area contributed by atoms with Gasteiger partial charge in [-0.15, -0.1) is 0 Å². The summed E-state index contributed by atoms with van der Waals surface area (Å²) in [5.41, 5.74) is 5.44. The van der Waals surface area contributed by atoms with Gasteiger partial charge in [-0.25, -0.2) is 18.7 Å². The normalized spacial score (nSPS) is 10.1. The van der Waals surface area contributed by atoms with Gasteiger partial charge in [0.05, 0.1) is 11.1 Å². The minimum absolute atomic E-state index is 0. The van der Waals surface area contributed by atoms with E-state index in [0.717, 1.165) is 24.0 Å². The van der Waals surface area contributed by atoms with E-state index in [-0.39, 0.29) is 45.1 Å². The molecular formula is C28H26Br2N2O4. The van der Waals surface area contributed by atoms with Gasteiger partial charge < -0.3 is 44.2 Å². The zero-order valence-corrected chi connectivity index (χ0v) is 22.6. The number of aryl methyl sites for hydroxylation is 2. The van der Waals surface area contributed by atoms with Crippen LogP contribution in [0.25, 0.3) is 0 Å². The molecule has 4 rings (SSSR count). The highest BCUT2D eigenvalue weighted by atomic mass is 79.9. The van der Waals surface area contributed by atoms with E-state index in [4.69, 9.17) is 10.2 Å². The van der Waals surface area contributed by atoms with Crippen molar-refractivity contribution in [1.29, 1.82) is 0 Å². The Hall–Kier alpha value is -3.36. The van der Waals surface area contributed by atoms with Crippen molar-refractivity contribution in [2.45, 2.75) is 25.9 Å². The van der Waals surface area contributed by atoms with E-state index in [9.17, 15) is 9.59 Å². The molecule has 0 saturated heterocycles. The van der Waals surface area contributed by atoms with Gasteiger partial charge in [0.2, 0.25) is 0 Å². The molecule has 0 radical (unpaired) electrons. The molecule has 0 atom stereocenters. The topological polar surface area (TPSA) is 82.4 Å². The molecule has 2 aromatic carbocycles. The number of nitrogens with zero attached hydrogens (tertiary/aromatic N) is 2. The molecule has 0 saturated carbocycles. The van der Waals surface area contributed by atoms with Crippen LogP contribution in [0.3, 0.4) is 0 Å². The molecule has 0 aliphatic heterocycles. The van der Waals surface area contributed by atoms with Crippen LogP contribution in [0.5, 0.6) is 0 Å². The summed E-state index contributed by atoms with van der Waals surface area (Å²) in [5.74, 6) is -1.84. The third-order valence-electron chi connectivity index (χ3n) is 5.75. The van der Waals surface area contributed by atoms with Gasteiger partial charge in [0.25, 0.3) is 0 Å². The molecule has 2 heterocycles. The van der Waals surface area contributed by atoms with E-state index in [1.807, 2.05) is 9.13 Å². The first-order valence-electron chi connectivity index (χ1n) is 11.1. The van der Waals surface area contributed by atoms with E-state index in [1.54, 1.807) is 49.1 Å². The van der Waals surface area contributed by atoms with Gasteiger partial charge in [0.1, 0.15) is 0 Å². The standard InChI is InChI=1S/C28H24N2O4.2BrH/c31-27(32)25-11-15-29(16-12-25)19-23-7-3-21(4-8-23)1-2-22-5-9-24(10-6-22)20-30-17-13-26(14-18-30)28(33)34;;/h3-18H,1-2,19-20H2;2*1H. The summed E-state index contributed by atoms with van der Waals surface area (Å²) in [6, 6.07) is 23.5. The Balaban J connectivity index is 0.00000228. The van der Waals surface area contributed by atoms with Crippen LogP contribution in [0, 0.1) is 0 Å². The number of benzene rings is 2. The maximum absolute atomic E-state index is 11.0. The molecule has 0 aliphatic carbocycles. The van der Waals surface area contributed by atoms with Crippen LogP contribution >= 0.6 is 0 Å². The summed E-state index contributed by atoms with van der Waals surface area (Å²) in [6.07, 6.45) is 9.03. The van der Waals surface area contributed by atoms with Crippen molar-refractivity contribution in [3.63, 3.8) is 0 Å². The number of halogens is 2. The van der Waals surface area contributed by atoms with Crippen LogP contribution in [-0.2, 0) is 25.9 Å². The van der Waals surface area contributed by atoms with Gasteiger partial charge in [-0.2, -0.15) is 0 Å². The lowest BCUT2D eigenvalue weighted by Gasteiger charge is -2.05. The molecule has 0 fully saturated rings. The van der Waals surface area contributed by atoms with Gasteiger partial charge >= 0.3 is 11.9 Å². The van der Waals surface area contributed by atoms with Crippen LogP contribution in [0.4, 0.5) is 0 Å². The SMILES string of the molecule is O=C(O)c1cc[n+](Cc2ccc(CCc3ccc(C[n+]4ccc(C(=O)O)cc4)cc3)cc2)cc1.[Br-].[Br-]. The fourth-order valence-corrected chi connectivity index (χ4v) is 3.74. The second-order valence-electron chi connectivity index (χ2n) is 8.26. The molecule has 0 aliphatic rings. The van der Waals surface area contributed by atoms with Crippen LogP contribution in [0.1, 0.15) is 43.0 Å². The molecule has 2 N–H and O–H groups in total. The number of rotatable bonds is 9. The fourth-order valence-electron chi connectivity index (χ4n) is 3.74. The number of hydrogen-bond donors (Lipinski definition) is 2. The predicted molar refractivity (Wildman–Crippen MR) is 126 cm³/mol. The van der Waals surface area contributed by atoms with Crippen LogP contribution in [0.2, 0.25) is 0 Å². The van der Waals surface area contributed by atoms with Crippen LogP contribution in [-0.4, -0.2) is 22.2 Å². The molecular weight excluding hydrogens is 588 g/mol. The van der Waals surface area contributed by atoms with Crippen molar-refractivity contribution >= 4 is 11.9 Å². The molecule has 0 amide bonds. The second kappa shape index (κ2) is 13.7. The van der Waals surface area contributed by atoms with Crippen molar-refractivity contribution in [3.05, 3.63) is 131 Å². The summed E-state index contributed by atoms with van der Waals surface area (Å²) in [5, 5.41) is 18.0. The minimum atomic E-state index is -0.919. The molecule has 186 valence electrons. The number of aromatic carboxylic acids is 2. The highest BCUT2D eigenvalue weighted by Crippen LogP contribution is 2.11. The Morgan fingerprint density at radius 2 is 0.778 bits per heavy atom. The summed E-state index contributed by atoms with van der Waals surface area (Å²) < 4.78 is 3.92. The lowest BCUT2D eigenvalue weighted by molar-refractivity contribution is -0.688. The second-order valence-corrected chi connectivity index (χ2v) is 8.26. The maximum atomic E-state index is 11.0. The largest absolute Gasteiger partial charge is 1.00 e. The Bertz CT molecular complexity index is 1170. The summed E-state index contributed by atoms with van der Waals surface area (Å²) >= 11 is 0. The highest BCUT2D eigenvalue weighted by molar-refractivity contribution is 5.87. The average Bonchev–Trinajstić information content (AvgIpc) is 2.85. The molecule has 0 unspecified atom stereocenters. The van der Waals surface area contributed by atoms with E-state index in [0.29, 0.717) is 13.1 Å². The van der Waals surface area contributed by atoms with Crippen molar-refractivity contribution in [2.75, 3.05) is 0 Å². The molecule has 0 bridgehead atoms. The molecule has 6 nitrogen and oxygen atoms in total. The Labute approximate surface area is 231 Å². The van der Waals surface area contributed by atoms with Crippen LogP contribution < -0.4 is 43.1 Å². The highest BCUT2D eigenvalue weighted by Gasteiger charge is 2.09. The smallest absolute Gasteiger partial charge is 0.336 e. The number of hydrogen-bond acceptors (Lipinski definition) is 2. The van der Waals surface area contributed by atoms with Gasteiger partial charge in [0, 0.05) is 35.4 Å². The summed E-state index contributed by atoms with van der Waals surface area (Å²) in [6.45, 7) is 1.39. The number of carboxylic acid groups (broad SMARTS) is 2. The first-order valence-corrected chi connectivity index (χ1v) is 11.1. The Kier molecular flexibility index (Phi) is 11.0. The fraction of sp³-hybridized carbons (Fsp3) is 0.143. The van der Waals surface area contributed by atoms with Crippen LogP contribution in [0.15, 0.2) is 97.6 Å². The molecule has 4 aromatic rings. The maximum Gasteiger partial charge on any atom is 0.336 e. The van der Waals surface area contributed by atoms with E-state index < -0.39 is 11.9 Å². The molecule has 36 heavy (non-hydrogen) atoms. The average molecular weight is 614 g/mol. The Morgan fingerprint density at radius 1 is 0.500 bits per heavy atom. The van der Waals surface area contributed by atoms with Crippen molar-refractivity contribution < 1.29 is 62.9 Å². The van der Waals surface area contributed by atoms with Gasteiger partial charge in [0.15, 0.2) is 37.9 Å². The quantitative estimate of drug-likeness (QED) is 0.205. The monoisotopic (exact) mass is 612 g/mol. The third kappa shape index (κ3) is 8.10. The zero-order chi connectivity index (χ0) is 23.9. The number of carbonyl (C=O) groups is 2. The number of aromatic nitrogens is 2. The van der Waals surface area contributed by atoms with Gasteiger partial charge in [-0.05, 0) is 24.0 Å². The lowest BCUT2D eigenvalue weighted by atomic mass is 10.0. The number of pyridine rings is 2. The Morgan fingerprint density at radius 3 is 1.06 bits per heavy atom. The summed E-state index contributed by atoms with van der Waals surface area (Å²) in [7, 11) is 0. The number of carboxylic acids is 2. The third-order valence-corrected chi connectivity index (χ3v) is 5.75. The van der Waals surface area contributed by atoms with E-state index in [2.05, 4.69) is 48.5 Å². The minimum Gasteiger partial charge on any atom is -1.00 e. The van der Waals surface area contributed by atoms with Gasteiger partial charge in [-0.1, -0.05) is 48.5 Å². The van der Waals surface area contributed by atoms with Crippen molar-refractivity contribution in [3.8, 4) is 0 Å². The van der Waals surface area contributed by atoms with Gasteiger partial charge in [-0.3, -0.25) is 0 Å². The van der Waals surface area contributed by atoms with E-state index in [1.165, 1.54) is 11.1 Å². The summed E-state index contributed by atoms with van der Waals surface area (Å²) in [4.78, 5) is 21.9. The van der Waals surface area contributed by atoms with Crippen molar-refractivity contribution in [2.24, 2.45) is 0 Å². The molecule has 2 aromatic heterocycles. The predicted octanol–water partition coefficient (Wildman–Crippen LogP) is -2.45. The molecule has 8 heteroatoms. The van der Waals surface area contributed by atoms with E-state index >= 15 is 0 Å². The first kappa shape index (κ1) is 28.9.